The van der Waals surface area contributed by atoms with Crippen LogP contribution in [0.2, 0.25) is 0 Å². The molecule has 1 atom stereocenters. The normalized spacial score (nSPS) is 11.1. The van der Waals surface area contributed by atoms with Crippen molar-refractivity contribution >= 4 is 29.2 Å². The van der Waals surface area contributed by atoms with E-state index in [0.29, 0.717) is 23.7 Å². The predicted molar refractivity (Wildman–Crippen MR) is 107 cm³/mol. The first-order chi connectivity index (χ1) is 13.4. The molecule has 0 bridgehead atoms. The first kappa shape index (κ1) is 20.8. The highest BCUT2D eigenvalue weighted by Crippen LogP contribution is 2.28. The maximum absolute atomic E-state index is 12.3. The maximum atomic E-state index is 12.3. The Bertz CT molecular complexity index is 839. The average molecular weight is 384 g/mol. The Kier molecular flexibility index (Phi) is 7.38. The van der Waals surface area contributed by atoms with E-state index in [4.69, 9.17) is 4.74 Å². The summed E-state index contributed by atoms with van der Waals surface area (Å²) >= 11 is 0. The molecule has 0 spiro atoms. The summed E-state index contributed by atoms with van der Waals surface area (Å²) < 4.78 is 5.27. The van der Waals surface area contributed by atoms with Gasteiger partial charge in [0.05, 0.1) is 12.8 Å². The average Bonchev–Trinajstić information content (AvgIpc) is 2.67. The zero-order valence-electron chi connectivity index (χ0n) is 16.0. The van der Waals surface area contributed by atoms with Crippen LogP contribution in [0.3, 0.4) is 0 Å². The minimum atomic E-state index is -0.719. The van der Waals surface area contributed by atoms with Crippen molar-refractivity contribution in [2.75, 3.05) is 17.7 Å². The Balaban J connectivity index is 1.93. The second-order valence-electron chi connectivity index (χ2n) is 6.12. The van der Waals surface area contributed by atoms with Gasteiger partial charge >= 0.3 is 6.03 Å². The minimum Gasteiger partial charge on any atom is -0.495 e. The molecule has 0 heterocycles. The van der Waals surface area contributed by atoms with Crippen molar-refractivity contribution in [1.29, 1.82) is 0 Å². The number of carbonyl (C=O) groups is 3. The Hall–Kier alpha value is -3.55. The molecular formula is C20H24N4O4. The molecule has 28 heavy (non-hydrogen) atoms. The number of anilines is 2. The van der Waals surface area contributed by atoms with E-state index in [-0.39, 0.29) is 5.91 Å². The molecule has 0 aromatic heterocycles. The van der Waals surface area contributed by atoms with Crippen LogP contribution < -0.4 is 26.0 Å². The Morgan fingerprint density at radius 1 is 1.07 bits per heavy atom. The number of hydrogen-bond acceptors (Lipinski definition) is 5. The third-order valence-corrected chi connectivity index (χ3v) is 3.82. The van der Waals surface area contributed by atoms with Gasteiger partial charge in [-0.25, -0.2) is 4.79 Å². The largest absolute Gasteiger partial charge is 0.495 e. The van der Waals surface area contributed by atoms with E-state index in [1.165, 1.54) is 14.0 Å². The Labute approximate surface area is 163 Å². The molecule has 148 valence electrons. The number of urea groups is 1. The molecule has 0 aliphatic rings. The number of methoxy groups -OCH3 is 1. The number of benzene rings is 2. The highest BCUT2D eigenvalue weighted by Gasteiger charge is 2.17. The third-order valence-electron chi connectivity index (χ3n) is 3.82. The van der Waals surface area contributed by atoms with Crippen molar-refractivity contribution in [3.63, 3.8) is 0 Å². The number of imide groups is 1. The summed E-state index contributed by atoms with van der Waals surface area (Å²) in [4.78, 5) is 35.4. The predicted octanol–water partition coefficient (Wildman–Crippen LogP) is 2.48. The number of ether oxygens (including phenoxy) is 1. The van der Waals surface area contributed by atoms with Gasteiger partial charge in [-0.2, -0.15) is 0 Å². The molecule has 0 aliphatic carbocycles. The first-order valence-electron chi connectivity index (χ1n) is 8.74. The van der Waals surface area contributed by atoms with Crippen LogP contribution in [0.1, 0.15) is 19.4 Å². The van der Waals surface area contributed by atoms with Crippen LogP contribution in [0.4, 0.5) is 16.2 Å². The Morgan fingerprint density at radius 2 is 1.79 bits per heavy atom. The van der Waals surface area contributed by atoms with Gasteiger partial charge in [-0.1, -0.05) is 30.3 Å². The van der Waals surface area contributed by atoms with E-state index in [0.717, 1.165) is 5.56 Å². The molecule has 0 radical (unpaired) electrons. The highest BCUT2D eigenvalue weighted by atomic mass is 16.5. The van der Waals surface area contributed by atoms with Gasteiger partial charge in [0.1, 0.15) is 11.8 Å². The lowest BCUT2D eigenvalue weighted by Crippen LogP contribution is -2.45. The molecule has 4 amide bonds. The molecule has 4 N–H and O–H groups in total. The van der Waals surface area contributed by atoms with Gasteiger partial charge in [0.25, 0.3) is 0 Å². The molecule has 2 aromatic rings. The molecule has 8 heteroatoms. The fourth-order valence-electron chi connectivity index (χ4n) is 2.44. The topological polar surface area (TPSA) is 109 Å². The van der Waals surface area contributed by atoms with Gasteiger partial charge in [-0.15, -0.1) is 0 Å². The number of carbonyl (C=O) groups excluding carboxylic acids is 3. The number of nitrogens with one attached hydrogen (secondary N) is 4. The van der Waals surface area contributed by atoms with Crippen LogP contribution >= 0.6 is 0 Å². The molecule has 2 aromatic carbocycles. The summed E-state index contributed by atoms with van der Waals surface area (Å²) in [6, 6.07) is 13.1. The van der Waals surface area contributed by atoms with Crippen molar-refractivity contribution in [1.82, 2.24) is 10.6 Å². The van der Waals surface area contributed by atoms with E-state index in [1.807, 2.05) is 30.3 Å². The molecular weight excluding hydrogens is 360 g/mol. The quantitative estimate of drug-likeness (QED) is 0.586. The van der Waals surface area contributed by atoms with Gasteiger partial charge in [0.2, 0.25) is 11.8 Å². The van der Waals surface area contributed by atoms with Gasteiger partial charge in [-0.05, 0) is 30.7 Å². The van der Waals surface area contributed by atoms with Crippen LogP contribution in [0.25, 0.3) is 0 Å². The number of rotatable bonds is 7. The van der Waals surface area contributed by atoms with Crippen molar-refractivity contribution in [3.05, 3.63) is 54.1 Å². The van der Waals surface area contributed by atoms with Gasteiger partial charge in [-0.3, -0.25) is 14.9 Å². The van der Waals surface area contributed by atoms with Crippen LogP contribution in [0, 0.1) is 0 Å². The van der Waals surface area contributed by atoms with Crippen molar-refractivity contribution < 1.29 is 19.1 Å². The molecule has 0 aliphatic heterocycles. The van der Waals surface area contributed by atoms with Gasteiger partial charge in [0.15, 0.2) is 0 Å². The Morgan fingerprint density at radius 3 is 2.43 bits per heavy atom. The lowest BCUT2D eigenvalue weighted by Gasteiger charge is -2.18. The van der Waals surface area contributed by atoms with Crippen molar-refractivity contribution in [2.24, 2.45) is 0 Å². The zero-order chi connectivity index (χ0) is 20.5. The lowest BCUT2D eigenvalue weighted by molar-refractivity contribution is -0.120. The molecule has 0 fully saturated rings. The molecule has 0 saturated heterocycles. The van der Waals surface area contributed by atoms with Crippen molar-refractivity contribution in [2.45, 2.75) is 26.4 Å². The zero-order valence-corrected chi connectivity index (χ0v) is 16.0. The van der Waals surface area contributed by atoms with E-state index < -0.39 is 18.0 Å². The summed E-state index contributed by atoms with van der Waals surface area (Å²) in [5.74, 6) is -0.211. The summed E-state index contributed by atoms with van der Waals surface area (Å²) in [6.07, 6.45) is 0. The van der Waals surface area contributed by atoms with Crippen LogP contribution in [-0.4, -0.2) is 31.0 Å². The third kappa shape index (κ3) is 6.31. The molecule has 1 unspecified atom stereocenters. The van der Waals surface area contributed by atoms with E-state index in [2.05, 4.69) is 21.3 Å². The van der Waals surface area contributed by atoms with Crippen molar-refractivity contribution in [3.8, 4) is 5.75 Å². The molecule has 8 nitrogen and oxygen atoms in total. The fourth-order valence-corrected chi connectivity index (χ4v) is 2.44. The summed E-state index contributed by atoms with van der Waals surface area (Å²) in [5.41, 5.74) is 2.00. The van der Waals surface area contributed by atoms with Crippen LogP contribution in [-0.2, 0) is 16.1 Å². The fraction of sp³-hybridized carbons (Fsp3) is 0.250. The smallest absolute Gasteiger partial charge is 0.321 e. The lowest BCUT2D eigenvalue weighted by atomic mass is 10.2. The molecule has 2 rings (SSSR count). The monoisotopic (exact) mass is 384 g/mol. The second-order valence-corrected chi connectivity index (χ2v) is 6.12. The summed E-state index contributed by atoms with van der Waals surface area (Å²) in [6.45, 7) is 3.33. The minimum absolute atomic E-state index is 0.211. The standard InChI is InChI=1S/C20H24N4O4/c1-13(19(26)24-20(27)21-12-15-7-5-4-6-8-15)22-17-11-16(23-14(2)25)9-10-18(17)28-3/h4-11,13,22H,12H2,1-3H3,(H,23,25)(H2,21,24,26,27). The van der Waals surface area contributed by atoms with E-state index in [1.54, 1.807) is 25.1 Å². The van der Waals surface area contributed by atoms with Crippen LogP contribution in [0.15, 0.2) is 48.5 Å². The SMILES string of the molecule is COc1ccc(NC(C)=O)cc1NC(C)C(=O)NC(=O)NCc1ccccc1. The first-order valence-corrected chi connectivity index (χ1v) is 8.74. The van der Waals surface area contributed by atoms with Crippen LogP contribution in [0.5, 0.6) is 5.75 Å². The van der Waals surface area contributed by atoms with E-state index in [9.17, 15) is 14.4 Å². The molecule has 0 saturated carbocycles. The summed E-state index contributed by atoms with van der Waals surface area (Å²) in [5, 5.41) is 10.6. The number of amides is 4. The highest BCUT2D eigenvalue weighted by molar-refractivity contribution is 5.98. The summed E-state index contributed by atoms with van der Waals surface area (Å²) in [7, 11) is 1.50. The van der Waals surface area contributed by atoms with Gasteiger partial charge in [0, 0.05) is 19.2 Å². The second kappa shape index (κ2) is 9.96. The van der Waals surface area contributed by atoms with E-state index >= 15 is 0 Å². The maximum Gasteiger partial charge on any atom is 0.321 e. The van der Waals surface area contributed by atoms with Gasteiger partial charge < -0.3 is 20.7 Å². The number of hydrogen-bond donors (Lipinski definition) is 4.